The Labute approximate surface area is 155 Å². The van der Waals surface area contributed by atoms with Crippen molar-refractivity contribution in [2.45, 2.75) is 40.4 Å². The minimum Gasteiger partial charge on any atom is -0.494 e. The molecule has 5 nitrogen and oxygen atoms in total. The summed E-state index contributed by atoms with van der Waals surface area (Å²) in [6.45, 7) is 9.27. The molecule has 140 valence electrons. The SMILES string of the molecule is CCOc1ccc(C(=O)Nc2ccccc2OCC)cc1COC(C)C. The number of amides is 1. The quantitative estimate of drug-likeness (QED) is 0.709. The summed E-state index contributed by atoms with van der Waals surface area (Å²) in [5.41, 5.74) is 2.04. The molecule has 0 fully saturated rings. The molecular formula is C21H27NO4. The van der Waals surface area contributed by atoms with Gasteiger partial charge >= 0.3 is 0 Å². The van der Waals surface area contributed by atoms with Crippen LogP contribution in [0.2, 0.25) is 0 Å². The zero-order chi connectivity index (χ0) is 18.9. The number of benzene rings is 2. The molecule has 0 aromatic heterocycles. The maximum atomic E-state index is 12.7. The Bertz CT molecular complexity index is 728. The van der Waals surface area contributed by atoms with Crippen molar-refractivity contribution in [1.29, 1.82) is 0 Å². The summed E-state index contributed by atoms with van der Waals surface area (Å²) in [7, 11) is 0. The molecule has 0 heterocycles. The molecule has 0 aliphatic carbocycles. The van der Waals surface area contributed by atoms with Crippen LogP contribution >= 0.6 is 0 Å². The first kappa shape index (κ1) is 19.8. The molecule has 2 rings (SSSR count). The number of hydrogen-bond donors (Lipinski definition) is 1. The van der Waals surface area contributed by atoms with Crippen LogP contribution in [0.1, 0.15) is 43.6 Å². The molecule has 5 heteroatoms. The van der Waals surface area contributed by atoms with E-state index in [9.17, 15) is 4.79 Å². The topological polar surface area (TPSA) is 56.8 Å². The molecule has 0 atom stereocenters. The van der Waals surface area contributed by atoms with Crippen LogP contribution in [0.15, 0.2) is 42.5 Å². The molecule has 0 bridgehead atoms. The average Bonchev–Trinajstić information content (AvgIpc) is 2.62. The van der Waals surface area contributed by atoms with Crippen molar-refractivity contribution in [1.82, 2.24) is 0 Å². The first-order chi connectivity index (χ1) is 12.5. The summed E-state index contributed by atoms with van der Waals surface area (Å²) in [5.74, 6) is 1.18. The van der Waals surface area contributed by atoms with E-state index in [2.05, 4.69) is 5.32 Å². The van der Waals surface area contributed by atoms with E-state index in [0.717, 1.165) is 11.3 Å². The molecule has 0 aliphatic heterocycles. The van der Waals surface area contributed by atoms with Crippen molar-refractivity contribution < 1.29 is 19.0 Å². The van der Waals surface area contributed by atoms with Crippen LogP contribution in [0.3, 0.4) is 0 Å². The summed E-state index contributed by atoms with van der Waals surface area (Å²) >= 11 is 0. The number of carbonyl (C=O) groups is 1. The predicted molar refractivity (Wildman–Crippen MR) is 103 cm³/mol. The highest BCUT2D eigenvalue weighted by Gasteiger charge is 2.13. The lowest BCUT2D eigenvalue weighted by Gasteiger charge is -2.15. The molecule has 0 saturated carbocycles. The van der Waals surface area contributed by atoms with E-state index in [1.807, 2.05) is 64.1 Å². The first-order valence-corrected chi connectivity index (χ1v) is 8.95. The fraction of sp³-hybridized carbons (Fsp3) is 0.381. The van der Waals surface area contributed by atoms with Gasteiger partial charge in [-0.2, -0.15) is 0 Å². The zero-order valence-electron chi connectivity index (χ0n) is 15.9. The van der Waals surface area contributed by atoms with E-state index in [1.54, 1.807) is 6.07 Å². The van der Waals surface area contributed by atoms with E-state index in [1.165, 1.54) is 0 Å². The lowest BCUT2D eigenvalue weighted by atomic mass is 10.1. The van der Waals surface area contributed by atoms with Gasteiger partial charge < -0.3 is 19.5 Å². The molecule has 1 N–H and O–H groups in total. The van der Waals surface area contributed by atoms with Gasteiger partial charge in [-0.1, -0.05) is 12.1 Å². The van der Waals surface area contributed by atoms with E-state index in [-0.39, 0.29) is 12.0 Å². The lowest BCUT2D eigenvalue weighted by molar-refractivity contribution is 0.0641. The molecule has 1 amide bonds. The Morgan fingerprint density at radius 2 is 1.69 bits per heavy atom. The number of ether oxygens (including phenoxy) is 3. The summed E-state index contributed by atoms with van der Waals surface area (Å²) in [6, 6.07) is 12.8. The van der Waals surface area contributed by atoms with E-state index in [4.69, 9.17) is 14.2 Å². The van der Waals surface area contributed by atoms with Gasteiger partial charge in [0.15, 0.2) is 0 Å². The van der Waals surface area contributed by atoms with Crippen LogP contribution in [-0.2, 0) is 11.3 Å². The fourth-order valence-corrected chi connectivity index (χ4v) is 2.43. The standard InChI is InChI=1S/C21H27NO4/c1-5-24-19-12-11-16(13-17(19)14-26-15(3)4)21(23)22-18-9-7-8-10-20(18)25-6-2/h7-13,15H,5-6,14H2,1-4H3,(H,22,23). The second-order valence-corrected chi connectivity index (χ2v) is 6.00. The van der Waals surface area contributed by atoms with Gasteiger partial charge in [0.05, 0.1) is 31.6 Å². The van der Waals surface area contributed by atoms with Crippen molar-refractivity contribution >= 4 is 11.6 Å². The van der Waals surface area contributed by atoms with Gasteiger partial charge in [0.2, 0.25) is 0 Å². The minimum atomic E-state index is -0.203. The molecule has 2 aromatic rings. The lowest BCUT2D eigenvalue weighted by Crippen LogP contribution is -2.14. The van der Waals surface area contributed by atoms with Crippen molar-refractivity contribution in [3.8, 4) is 11.5 Å². The molecule has 26 heavy (non-hydrogen) atoms. The second-order valence-electron chi connectivity index (χ2n) is 6.00. The van der Waals surface area contributed by atoms with Crippen LogP contribution in [0.25, 0.3) is 0 Å². The molecule has 0 saturated heterocycles. The van der Waals surface area contributed by atoms with Gasteiger partial charge in [-0.25, -0.2) is 0 Å². The Hall–Kier alpha value is -2.53. The largest absolute Gasteiger partial charge is 0.494 e. The van der Waals surface area contributed by atoms with Gasteiger partial charge in [0.25, 0.3) is 5.91 Å². The van der Waals surface area contributed by atoms with Crippen LogP contribution in [0, 0.1) is 0 Å². The normalized spacial score (nSPS) is 10.7. The third kappa shape index (κ3) is 5.49. The van der Waals surface area contributed by atoms with Gasteiger partial charge in [-0.05, 0) is 58.0 Å². The smallest absolute Gasteiger partial charge is 0.255 e. The number of anilines is 1. The number of carbonyl (C=O) groups excluding carboxylic acids is 1. The van der Waals surface area contributed by atoms with Crippen molar-refractivity contribution in [2.75, 3.05) is 18.5 Å². The van der Waals surface area contributed by atoms with Crippen LogP contribution < -0.4 is 14.8 Å². The molecular weight excluding hydrogens is 330 g/mol. The predicted octanol–water partition coefficient (Wildman–Crippen LogP) is 4.66. The van der Waals surface area contributed by atoms with Gasteiger partial charge in [-0.15, -0.1) is 0 Å². The molecule has 0 aliphatic rings. The maximum Gasteiger partial charge on any atom is 0.255 e. The van der Waals surface area contributed by atoms with E-state index in [0.29, 0.717) is 36.8 Å². The average molecular weight is 357 g/mol. The Morgan fingerprint density at radius 1 is 1.00 bits per heavy atom. The number of hydrogen-bond acceptors (Lipinski definition) is 4. The van der Waals surface area contributed by atoms with Crippen molar-refractivity contribution in [3.63, 3.8) is 0 Å². The zero-order valence-corrected chi connectivity index (χ0v) is 15.9. The molecule has 0 spiro atoms. The number of para-hydroxylation sites is 2. The summed E-state index contributed by atoms with van der Waals surface area (Å²) in [5, 5.41) is 2.91. The summed E-state index contributed by atoms with van der Waals surface area (Å²) < 4.78 is 16.9. The van der Waals surface area contributed by atoms with Gasteiger partial charge in [0, 0.05) is 11.1 Å². The molecule has 0 radical (unpaired) electrons. The fourth-order valence-electron chi connectivity index (χ4n) is 2.43. The number of rotatable bonds is 9. The monoisotopic (exact) mass is 357 g/mol. The van der Waals surface area contributed by atoms with Crippen LogP contribution in [-0.4, -0.2) is 25.2 Å². The Morgan fingerprint density at radius 3 is 2.38 bits per heavy atom. The van der Waals surface area contributed by atoms with Crippen molar-refractivity contribution in [3.05, 3.63) is 53.6 Å². The Balaban J connectivity index is 2.21. The minimum absolute atomic E-state index is 0.0972. The Kier molecular flexibility index (Phi) is 7.48. The van der Waals surface area contributed by atoms with Crippen LogP contribution in [0.4, 0.5) is 5.69 Å². The highest BCUT2D eigenvalue weighted by molar-refractivity contribution is 6.05. The van der Waals surface area contributed by atoms with E-state index >= 15 is 0 Å². The summed E-state index contributed by atoms with van der Waals surface area (Å²) in [6.07, 6.45) is 0.0972. The highest BCUT2D eigenvalue weighted by atomic mass is 16.5. The van der Waals surface area contributed by atoms with E-state index < -0.39 is 0 Å². The van der Waals surface area contributed by atoms with Gasteiger partial charge in [0.1, 0.15) is 11.5 Å². The molecule has 2 aromatic carbocycles. The molecule has 0 unspecified atom stereocenters. The van der Waals surface area contributed by atoms with Crippen LogP contribution in [0.5, 0.6) is 11.5 Å². The van der Waals surface area contributed by atoms with Crippen molar-refractivity contribution in [2.24, 2.45) is 0 Å². The van der Waals surface area contributed by atoms with Gasteiger partial charge in [-0.3, -0.25) is 4.79 Å². The second kappa shape index (κ2) is 9.82. The maximum absolute atomic E-state index is 12.7. The number of nitrogens with one attached hydrogen (secondary N) is 1. The first-order valence-electron chi connectivity index (χ1n) is 8.95. The third-order valence-corrected chi connectivity index (χ3v) is 3.63. The third-order valence-electron chi connectivity index (χ3n) is 3.63. The highest BCUT2D eigenvalue weighted by Crippen LogP contribution is 2.26. The summed E-state index contributed by atoms with van der Waals surface area (Å²) in [4.78, 5) is 12.7.